The standard InChI is InChI=1S/C38H42N8O3/c1-4-5-6-7-18-38(19-20-38)24-46-35-32-16-14-29(47)21-27(32)12-13-28-22-30(15-17-31(28)34(35)41-44-46)49-37(48)45(3)23-33-39-42-36(43-40-33)26-10-8-25(2)9-11-26/h8-11,14-17,21-22,47H,4-7,12-13,18-20,23-24H2,1-3H3. The van der Waals surface area contributed by atoms with Gasteiger partial charge in [-0.1, -0.05) is 67.6 Å². The molecule has 2 heterocycles. The van der Waals surface area contributed by atoms with E-state index >= 15 is 0 Å². The van der Waals surface area contributed by atoms with Gasteiger partial charge in [0.2, 0.25) is 5.82 Å². The Morgan fingerprint density at radius 1 is 0.898 bits per heavy atom. The maximum Gasteiger partial charge on any atom is 0.415 e. The van der Waals surface area contributed by atoms with Gasteiger partial charge in [-0.15, -0.1) is 25.5 Å². The Morgan fingerprint density at radius 2 is 1.63 bits per heavy atom. The lowest BCUT2D eigenvalue weighted by atomic mass is 9.88. The summed E-state index contributed by atoms with van der Waals surface area (Å²) < 4.78 is 7.90. The summed E-state index contributed by atoms with van der Waals surface area (Å²) in [6.07, 6.45) is 9.51. The van der Waals surface area contributed by atoms with Crippen LogP contribution in [0.3, 0.4) is 0 Å². The molecule has 5 aromatic rings. The quantitative estimate of drug-likeness (QED) is 0.145. The van der Waals surface area contributed by atoms with Crippen molar-refractivity contribution < 1.29 is 14.6 Å². The van der Waals surface area contributed by atoms with Crippen LogP contribution in [0.5, 0.6) is 11.5 Å². The van der Waals surface area contributed by atoms with Crippen LogP contribution in [0.4, 0.5) is 4.79 Å². The number of phenols is 1. The van der Waals surface area contributed by atoms with Crippen LogP contribution in [0.15, 0.2) is 60.7 Å². The number of carbonyl (C=O) groups excluding carboxylic acids is 1. The topological polar surface area (TPSA) is 132 Å². The van der Waals surface area contributed by atoms with Crippen LogP contribution in [0.2, 0.25) is 0 Å². The monoisotopic (exact) mass is 658 g/mol. The fraction of sp³-hybridized carbons (Fsp3) is 0.395. The van der Waals surface area contributed by atoms with Gasteiger partial charge in [-0.25, -0.2) is 9.48 Å². The molecule has 252 valence electrons. The van der Waals surface area contributed by atoms with Crippen molar-refractivity contribution in [1.82, 2.24) is 40.3 Å². The van der Waals surface area contributed by atoms with Crippen LogP contribution in [0.25, 0.3) is 33.9 Å². The summed E-state index contributed by atoms with van der Waals surface area (Å²) in [4.78, 5) is 14.5. The van der Waals surface area contributed by atoms with E-state index in [0.29, 0.717) is 30.2 Å². The van der Waals surface area contributed by atoms with Gasteiger partial charge in [0.25, 0.3) is 0 Å². The number of aryl methyl sites for hydroxylation is 3. The van der Waals surface area contributed by atoms with Crippen molar-refractivity contribution in [2.24, 2.45) is 5.41 Å². The number of hydrogen-bond acceptors (Lipinski definition) is 9. The molecule has 0 atom stereocenters. The fourth-order valence-corrected chi connectivity index (χ4v) is 6.73. The third kappa shape index (κ3) is 7.16. The number of phenolic OH excluding ortho intramolecular Hbond substituents is 1. The largest absolute Gasteiger partial charge is 0.508 e. The van der Waals surface area contributed by atoms with Crippen molar-refractivity contribution in [1.29, 1.82) is 0 Å². The molecule has 0 spiro atoms. The van der Waals surface area contributed by atoms with E-state index in [-0.39, 0.29) is 17.7 Å². The van der Waals surface area contributed by atoms with E-state index in [0.717, 1.165) is 51.3 Å². The first-order chi connectivity index (χ1) is 23.8. The summed E-state index contributed by atoms with van der Waals surface area (Å²) in [5.74, 6) is 1.39. The van der Waals surface area contributed by atoms with Gasteiger partial charge < -0.3 is 14.7 Å². The van der Waals surface area contributed by atoms with Crippen molar-refractivity contribution in [2.75, 3.05) is 7.05 Å². The molecule has 3 aromatic carbocycles. The highest BCUT2D eigenvalue weighted by atomic mass is 16.6. The second kappa shape index (κ2) is 13.7. The number of rotatable bonds is 11. The molecule has 0 saturated heterocycles. The number of fused-ring (bicyclic) bond motifs is 5. The summed E-state index contributed by atoms with van der Waals surface area (Å²) in [5.41, 5.74) is 8.10. The molecule has 1 saturated carbocycles. The van der Waals surface area contributed by atoms with Gasteiger partial charge in [-0.2, -0.15) is 0 Å². The molecule has 0 radical (unpaired) electrons. The molecule has 11 heteroatoms. The van der Waals surface area contributed by atoms with E-state index in [1.807, 2.05) is 55.5 Å². The highest BCUT2D eigenvalue weighted by Gasteiger charge is 2.43. The predicted molar refractivity (Wildman–Crippen MR) is 186 cm³/mol. The van der Waals surface area contributed by atoms with Crippen molar-refractivity contribution in [3.8, 4) is 45.4 Å². The van der Waals surface area contributed by atoms with Crippen LogP contribution in [-0.2, 0) is 25.9 Å². The number of aromatic hydroxyl groups is 1. The Kier molecular flexibility index (Phi) is 9.07. The zero-order chi connectivity index (χ0) is 34.0. The van der Waals surface area contributed by atoms with E-state index in [1.54, 1.807) is 19.2 Å². The molecule has 1 fully saturated rings. The lowest BCUT2D eigenvalue weighted by Gasteiger charge is -2.21. The number of aromatic nitrogens is 7. The maximum atomic E-state index is 13.1. The van der Waals surface area contributed by atoms with E-state index in [2.05, 4.69) is 32.0 Å². The molecule has 1 N–H and O–H groups in total. The average Bonchev–Trinajstić information content (AvgIpc) is 3.75. The van der Waals surface area contributed by atoms with Crippen LogP contribution in [0, 0.1) is 12.3 Å². The summed E-state index contributed by atoms with van der Waals surface area (Å²) in [5, 5.41) is 36.6. The van der Waals surface area contributed by atoms with E-state index < -0.39 is 6.09 Å². The highest BCUT2D eigenvalue weighted by Crippen LogP contribution is 2.52. The van der Waals surface area contributed by atoms with E-state index in [1.165, 1.54) is 49.8 Å². The molecule has 0 aliphatic heterocycles. The number of benzene rings is 3. The van der Waals surface area contributed by atoms with Crippen molar-refractivity contribution >= 4 is 6.09 Å². The number of unbranched alkanes of at least 4 members (excludes halogenated alkanes) is 3. The summed E-state index contributed by atoms with van der Waals surface area (Å²) in [7, 11) is 1.62. The Balaban J connectivity index is 1.09. The van der Waals surface area contributed by atoms with Gasteiger partial charge in [-0.05, 0) is 92.0 Å². The highest BCUT2D eigenvalue weighted by molar-refractivity contribution is 5.83. The smallest absolute Gasteiger partial charge is 0.415 e. The van der Waals surface area contributed by atoms with Crippen LogP contribution < -0.4 is 4.74 Å². The molecule has 1 amide bonds. The predicted octanol–water partition coefficient (Wildman–Crippen LogP) is 7.35. The summed E-state index contributed by atoms with van der Waals surface area (Å²) in [6, 6.07) is 19.1. The first kappa shape index (κ1) is 32.4. The van der Waals surface area contributed by atoms with Gasteiger partial charge in [0, 0.05) is 30.3 Å². The second-order valence-electron chi connectivity index (χ2n) is 13.6. The zero-order valence-electron chi connectivity index (χ0n) is 28.4. The lowest BCUT2D eigenvalue weighted by Crippen LogP contribution is -2.30. The third-order valence-electron chi connectivity index (χ3n) is 9.80. The Labute approximate surface area is 286 Å². The van der Waals surface area contributed by atoms with Gasteiger partial charge in [0.05, 0.1) is 12.2 Å². The van der Waals surface area contributed by atoms with Gasteiger partial charge in [-0.3, -0.25) is 0 Å². The number of hydrogen-bond donors (Lipinski definition) is 1. The normalized spacial score (nSPS) is 14.2. The first-order valence-corrected chi connectivity index (χ1v) is 17.3. The molecule has 11 nitrogen and oxygen atoms in total. The SMILES string of the molecule is CCCCCCC1(Cn2nnc3c2-c2ccc(O)cc2CCc2cc(OC(=O)N(C)Cc4nnc(-c5ccc(C)cc5)nn4)ccc2-3)CC1. The third-order valence-corrected chi connectivity index (χ3v) is 9.80. The van der Waals surface area contributed by atoms with Gasteiger partial charge in [0.1, 0.15) is 17.2 Å². The molecular weight excluding hydrogens is 616 g/mol. The molecule has 0 bridgehead atoms. The van der Waals surface area contributed by atoms with Gasteiger partial charge in [0.15, 0.2) is 5.82 Å². The summed E-state index contributed by atoms with van der Waals surface area (Å²) in [6.45, 7) is 5.19. The van der Waals surface area contributed by atoms with Crippen LogP contribution in [0.1, 0.15) is 74.4 Å². The van der Waals surface area contributed by atoms with E-state index in [9.17, 15) is 9.90 Å². The number of ether oxygens (including phenoxy) is 1. The Hall–Kier alpha value is -5.19. The van der Waals surface area contributed by atoms with Crippen LogP contribution >= 0.6 is 0 Å². The minimum absolute atomic E-state index is 0.0881. The number of carbonyl (C=O) groups is 1. The number of amides is 1. The van der Waals surface area contributed by atoms with Crippen molar-refractivity contribution in [3.05, 3.63) is 83.2 Å². The molecular formula is C38H42N8O3. The van der Waals surface area contributed by atoms with E-state index in [4.69, 9.17) is 15.0 Å². The Morgan fingerprint density at radius 3 is 2.37 bits per heavy atom. The minimum Gasteiger partial charge on any atom is -0.508 e. The lowest BCUT2D eigenvalue weighted by molar-refractivity contribution is 0.159. The Bertz CT molecular complexity index is 1950. The first-order valence-electron chi connectivity index (χ1n) is 17.3. The number of nitrogens with zero attached hydrogens (tertiary/aromatic N) is 8. The fourth-order valence-electron chi connectivity index (χ4n) is 6.73. The van der Waals surface area contributed by atoms with Crippen LogP contribution in [-0.4, -0.2) is 58.5 Å². The molecule has 7 rings (SSSR count). The van der Waals surface area contributed by atoms with Crippen molar-refractivity contribution in [3.63, 3.8) is 0 Å². The van der Waals surface area contributed by atoms with Crippen molar-refractivity contribution in [2.45, 2.75) is 84.7 Å². The average molecular weight is 659 g/mol. The molecule has 2 aliphatic rings. The molecule has 2 aromatic heterocycles. The van der Waals surface area contributed by atoms with Gasteiger partial charge >= 0.3 is 6.09 Å². The second-order valence-corrected chi connectivity index (χ2v) is 13.6. The maximum absolute atomic E-state index is 13.1. The molecule has 0 unspecified atom stereocenters. The minimum atomic E-state index is -0.549. The molecule has 2 aliphatic carbocycles. The zero-order valence-corrected chi connectivity index (χ0v) is 28.4. The summed E-state index contributed by atoms with van der Waals surface area (Å²) >= 11 is 0. The molecule has 49 heavy (non-hydrogen) atoms.